The number of hydrogen-bond acceptors (Lipinski definition) is 3. The van der Waals surface area contributed by atoms with Crippen LogP contribution in [0.25, 0.3) is 61.2 Å². The molecule has 0 bridgehead atoms. The molecule has 0 radical (unpaired) electrons. The van der Waals surface area contributed by atoms with Gasteiger partial charge in [-0.1, -0.05) is 195 Å². The van der Waals surface area contributed by atoms with Gasteiger partial charge in [-0.3, -0.25) is 10.8 Å². The molecule has 0 fully saturated rings. The Morgan fingerprint density at radius 3 is 1.31 bits per heavy atom. The summed E-state index contributed by atoms with van der Waals surface area (Å²) in [6.45, 7) is 2.24. The second-order valence-corrected chi connectivity index (χ2v) is 14.7. The van der Waals surface area contributed by atoms with Crippen LogP contribution in [0, 0.1) is 16.7 Å². The smallest absolute Gasteiger partial charge is 0.0868 e. The largest absolute Gasteiger partial charge is 0.399 e. The maximum absolute atomic E-state index is 9.26. The molecule has 0 spiro atoms. The Kier molecular flexibility index (Phi) is 11.1. The molecular weight excluding hydrogens is 703 g/mol. The van der Waals surface area contributed by atoms with Crippen LogP contribution >= 0.6 is 0 Å². The van der Waals surface area contributed by atoms with Crippen molar-refractivity contribution in [2.75, 3.05) is 5.73 Å². The van der Waals surface area contributed by atoms with Gasteiger partial charge in [0.1, 0.15) is 0 Å². The van der Waals surface area contributed by atoms with Crippen molar-refractivity contribution in [3.63, 3.8) is 0 Å². The zero-order valence-electron chi connectivity index (χ0n) is 32.6. The zero-order valence-corrected chi connectivity index (χ0v) is 32.6. The van der Waals surface area contributed by atoms with Crippen molar-refractivity contribution in [3.8, 4) is 44.5 Å². The molecule has 2 aliphatic rings. The summed E-state index contributed by atoms with van der Waals surface area (Å²) < 4.78 is 0. The van der Waals surface area contributed by atoms with Crippen molar-refractivity contribution < 1.29 is 0 Å². The van der Waals surface area contributed by atoms with Crippen molar-refractivity contribution in [1.29, 1.82) is 10.8 Å². The van der Waals surface area contributed by atoms with Crippen LogP contribution in [0.2, 0.25) is 0 Å². The summed E-state index contributed by atoms with van der Waals surface area (Å²) in [6, 6.07) is 62.3. The maximum Gasteiger partial charge on any atom is 0.0868 e. The van der Waals surface area contributed by atoms with Crippen molar-refractivity contribution in [3.05, 3.63) is 229 Å². The lowest BCUT2D eigenvalue weighted by Crippen LogP contribution is -2.17. The Morgan fingerprint density at radius 1 is 0.448 bits per heavy atom. The fourth-order valence-corrected chi connectivity index (χ4v) is 7.83. The van der Waals surface area contributed by atoms with E-state index in [1.54, 1.807) is 0 Å². The first-order chi connectivity index (χ1) is 28.4. The third kappa shape index (κ3) is 8.11. The third-order valence-electron chi connectivity index (χ3n) is 10.7. The summed E-state index contributed by atoms with van der Waals surface area (Å²) in [7, 11) is 0. The Labute approximate surface area is 341 Å². The summed E-state index contributed by atoms with van der Waals surface area (Å²) in [6.07, 6.45) is 11.9. The molecule has 9 rings (SSSR count). The van der Waals surface area contributed by atoms with E-state index in [0.717, 1.165) is 78.9 Å². The van der Waals surface area contributed by atoms with E-state index in [9.17, 15) is 5.41 Å². The van der Waals surface area contributed by atoms with Gasteiger partial charge in [0.2, 0.25) is 0 Å². The molecule has 2 aliphatic carbocycles. The first-order valence-electron chi connectivity index (χ1n) is 19.8. The number of hydrogen-bond donors (Lipinski definition) is 3. The van der Waals surface area contributed by atoms with E-state index in [0.29, 0.717) is 5.92 Å². The highest BCUT2D eigenvalue weighted by molar-refractivity contribution is 6.62. The average Bonchev–Trinajstić information content (AvgIpc) is 3.28. The normalized spacial score (nSPS) is 14.8. The van der Waals surface area contributed by atoms with Crippen LogP contribution in [0.4, 0.5) is 5.69 Å². The lowest BCUT2D eigenvalue weighted by atomic mass is 9.79. The summed E-state index contributed by atoms with van der Waals surface area (Å²) in [5.41, 5.74) is 21.7. The van der Waals surface area contributed by atoms with Gasteiger partial charge >= 0.3 is 0 Å². The first-order valence-corrected chi connectivity index (χ1v) is 19.8. The van der Waals surface area contributed by atoms with Gasteiger partial charge in [-0.15, -0.1) is 0 Å². The van der Waals surface area contributed by atoms with Crippen molar-refractivity contribution in [1.82, 2.24) is 0 Å². The first kappa shape index (κ1) is 37.6. The van der Waals surface area contributed by atoms with E-state index in [4.69, 9.17) is 11.1 Å². The number of nitrogen functional groups attached to an aromatic ring is 1. The van der Waals surface area contributed by atoms with E-state index in [-0.39, 0.29) is 11.4 Å². The molecule has 7 aromatic carbocycles. The summed E-state index contributed by atoms with van der Waals surface area (Å²) in [5.74, 6) is 0.646. The summed E-state index contributed by atoms with van der Waals surface area (Å²) >= 11 is 0. The van der Waals surface area contributed by atoms with Gasteiger partial charge in [-0.25, -0.2) is 0 Å². The van der Waals surface area contributed by atoms with Gasteiger partial charge in [-0.05, 0) is 109 Å². The number of anilines is 1. The van der Waals surface area contributed by atoms with Crippen LogP contribution in [-0.4, -0.2) is 11.4 Å². The SMILES string of the molecule is CC1C=C(c2ccc(N)cc2)C=CC1.N=C1C=C(c2c(-c3ccccc3)cccc2-c2ccccc2)C=C(c2c(-c3ccccc3)cccc2-c2ccccc2)C1=N. The van der Waals surface area contributed by atoms with Crippen LogP contribution in [0.3, 0.4) is 0 Å². The number of nitrogens with one attached hydrogen (secondary N) is 2. The highest BCUT2D eigenvalue weighted by Gasteiger charge is 2.26. The lowest BCUT2D eigenvalue weighted by Gasteiger charge is -2.24. The molecule has 0 heterocycles. The van der Waals surface area contributed by atoms with Crippen molar-refractivity contribution in [2.45, 2.75) is 13.3 Å². The lowest BCUT2D eigenvalue weighted by molar-refractivity contribution is 0.740. The van der Waals surface area contributed by atoms with E-state index < -0.39 is 0 Å². The summed E-state index contributed by atoms with van der Waals surface area (Å²) in [5, 5.41) is 18.4. The van der Waals surface area contributed by atoms with Crippen LogP contribution in [0.15, 0.2) is 212 Å². The average molecular weight is 748 g/mol. The number of nitrogens with two attached hydrogens (primary N) is 1. The topological polar surface area (TPSA) is 73.7 Å². The minimum Gasteiger partial charge on any atom is -0.399 e. The molecule has 58 heavy (non-hydrogen) atoms. The fraction of sp³-hybridized carbons (Fsp3) is 0.0545. The van der Waals surface area contributed by atoms with Gasteiger partial charge in [0, 0.05) is 11.3 Å². The van der Waals surface area contributed by atoms with Crippen LogP contribution in [-0.2, 0) is 0 Å². The predicted octanol–water partition coefficient (Wildman–Crippen LogP) is 14.1. The molecule has 1 atom stereocenters. The van der Waals surface area contributed by atoms with Crippen molar-refractivity contribution in [2.24, 2.45) is 5.92 Å². The Bertz CT molecular complexity index is 2590. The maximum atomic E-state index is 9.26. The zero-order chi connectivity index (χ0) is 39.8. The molecule has 4 N–H and O–H groups in total. The second-order valence-electron chi connectivity index (χ2n) is 14.7. The second kappa shape index (κ2) is 17.2. The highest BCUT2D eigenvalue weighted by atomic mass is 14.5. The number of rotatable bonds is 7. The minimum atomic E-state index is 0.196. The van der Waals surface area contributed by atoms with Gasteiger partial charge in [-0.2, -0.15) is 0 Å². The highest BCUT2D eigenvalue weighted by Crippen LogP contribution is 2.44. The monoisotopic (exact) mass is 747 g/mol. The van der Waals surface area contributed by atoms with Gasteiger partial charge in [0.05, 0.1) is 11.4 Å². The molecular formula is C55H45N3. The molecule has 0 aromatic heterocycles. The number of allylic oxidation sites excluding steroid dienone is 8. The van der Waals surface area contributed by atoms with Crippen LogP contribution in [0.5, 0.6) is 0 Å². The standard InChI is InChI=1S/C42H30N2.C13H15N/c43-39-28-33(40-34(29-15-5-1-6-16-29)23-13-24-35(40)30-17-7-2-8-18-30)27-38(42(39)44)41-36(31-19-9-3-10-20-31)25-14-26-37(41)32-21-11-4-12-22-32;1-10-3-2-4-12(9-10)11-5-7-13(14)8-6-11/h1-28,43-44H;2,4-10H,3,14H2,1H3. The van der Waals surface area contributed by atoms with Crippen molar-refractivity contribution >= 4 is 33.8 Å². The fourth-order valence-electron chi connectivity index (χ4n) is 7.83. The minimum absolute atomic E-state index is 0.196. The molecule has 7 aromatic rings. The molecule has 280 valence electrons. The van der Waals surface area contributed by atoms with Gasteiger partial charge in [0.15, 0.2) is 0 Å². The third-order valence-corrected chi connectivity index (χ3v) is 10.7. The Balaban J connectivity index is 0.000000283. The Hall–Kier alpha value is -7.36. The molecule has 0 aliphatic heterocycles. The van der Waals surface area contributed by atoms with E-state index >= 15 is 0 Å². The van der Waals surface area contributed by atoms with Gasteiger partial charge in [0.25, 0.3) is 0 Å². The van der Waals surface area contributed by atoms with E-state index in [1.165, 1.54) is 11.1 Å². The molecule has 3 nitrogen and oxygen atoms in total. The number of benzene rings is 7. The quantitative estimate of drug-likeness (QED) is 0.110. The predicted molar refractivity (Wildman–Crippen MR) is 248 cm³/mol. The van der Waals surface area contributed by atoms with Crippen LogP contribution in [0.1, 0.15) is 30.0 Å². The van der Waals surface area contributed by atoms with E-state index in [1.807, 2.05) is 66.7 Å². The summed E-state index contributed by atoms with van der Waals surface area (Å²) in [4.78, 5) is 0. The Morgan fingerprint density at radius 2 is 0.879 bits per heavy atom. The van der Waals surface area contributed by atoms with Gasteiger partial charge < -0.3 is 5.73 Å². The molecule has 1 unspecified atom stereocenters. The molecule has 0 saturated carbocycles. The van der Waals surface area contributed by atoms with E-state index in [2.05, 4.69) is 153 Å². The molecule has 0 saturated heterocycles. The molecule has 0 amide bonds. The molecule has 3 heteroatoms. The van der Waals surface area contributed by atoms with Crippen LogP contribution < -0.4 is 5.73 Å².